The SMILES string of the molecule is COC(=O)c1cncnc1N1CCCC(CCO)C1. The Bertz CT molecular complexity index is 437. The van der Waals surface area contributed by atoms with E-state index in [-0.39, 0.29) is 6.61 Å². The molecule has 6 heteroatoms. The minimum atomic E-state index is -0.417. The molecule has 0 saturated carbocycles. The second kappa shape index (κ2) is 6.47. The van der Waals surface area contributed by atoms with E-state index in [2.05, 4.69) is 14.9 Å². The molecule has 0 bridgehead atoms. The number of aliphatic hydroxyl groups excluding tert-OH is 1. The zero-order valence-corrected chi connectivity index (χ0v) is 11.1. The Morgan fingerprint density at radius 1 is 1.63 bits per heavy atom. The molecule has 1 aliphatic heterocycles. The van der Waals surface area contributed by atoms with Crippen LogP contribution in [0.5, 0.6) is 0 Å². The van der Waals surface area contributed by atoms with Crippen LogP contribution in [0.15, 0.2) is 12.5 Å². The number of carbonyl (C=O) groups is 1. The molecule has 1 aliphatic rings. The fourth-order valence-corrected chi connectivity index (χ4v) is 2.50. The van der Waals surface area contributed by atoms with E-state index in [0.29, 0.717) is 17.3 Å². The van der Waals surface area contributed by atoms with Crippen LogP contribution in [0.1, 0.15) is 29.6 Å². The Hall–Kier alpha value is -1.69. The third kappa shape index (κ3) is 3.20. The average molecular weight is 265 g/mol. The first-order chi connectivity index (χ1) is 9.26. The summed E-state index contributed by atoms with van der Waals surface area (Å²) in [6.45, 7) is 1.87. The van der Waals surface area contributed by atoms with Crippen LogP contribution >= 0.6 is 0 Å². The summed E-state index contributed by atoms with van der Waals surface area (Å²) >= 11 is 0. The third-order valence-electron chi connectivity index (χ3n) is 3.45. The van der Waals surface area contributed by atoms with Crippen molar-refractivity contribution in [2.45, 2.75) is 19.3 Å². The van der Waals surface area contributed by atoms with Gasteiger partial charge >= 0.3 is 5.97 Å². The van der Waals surface area contributed by atoms with Gasteiger partial charge in [-0.3, -0.25) is 0 Å². The van der Waals surface area contributed by atoms with Gasteiger partial charge in [0.25, 0.3) is 0 Å². The lowest BCUT2D eigenvalue weighted by Crippen LogP contribution is -2.37. The van der Waals surface area contributed by atoms with Gasteiger partial charge in [0.05, 0.1) is 7.11 Å². The molecule has 1 unspecified atom stereocenters. The minimum Gasteiger partial charge on any atom is -0.465 e. The maximum Gasteiger partial charge on any atom is 0.343 e. The average Bonchev–Trinajstić information content (AvgIpc) is 2.47. The van der Waals surface area contributed by atoms with Crippen molar-refractivity contribution in [2.75, 3.05) is 31.7 Å². The van der Waals surface area contributed by atoms with Crippen LogP contribution in [-0.4, -0.2) is 47.8 Å². The summed E-state index contributed by atoms with van der Waals surface area (Å²) in [7, 11) is 1.35. The number of nitrogens with zero attached hydrogens (tertiary/aromatic N) is 3. The molecule has 1 saturated heterocycles. The van der Waals surface area contributed by atoms with Gasteiger partial charge in [-0.25, -0.2) is 14.8 Å². The molecule has 2 heterocycles. The summed E-state index contributed by atoms with van der Waals surface area (Å²) in [6, 6.07) is 0. The van der Waals surface area contributed by atoms with Gasteiger partial charge in [0.2, 0.25) is 0 Å². The molecule has 1 aromatic heterocycles. The van der Waals surface area contributed by atoms with Crippen LogP contribution in [0.2, 0.25) is 0 Å². The number of anilines is 1. The third-order valence-corrected chi connectivity index (χ3v) is 3.45. The number of aromatic nitrogens is 2. The first kappa shape index (κ1) is 13.7. The Morgan fingerprint density at radius 2 is 2.47 bits per heavy atom. The second-order valence-electron chi connectivity index (χ2n) is 4.72. The van der Waals surface area contributed by atoms with Crippen LogP contribution in [0.25, 0.3) is 0 Å². The molecule has 6 nitrogen and oxygen atoms in total. The van der Waals surface area contributed by atoms with Crippen LogP contribution < -0.4 is 4.90 Å². The van der Waals surface area contributed by atoms with Gasteiger partial charge in [-0.2, -0.15) is 0 Å². The summed E-state index contributed by atoms with van der Waals surface area (Å²) in [5.74, 6) is 0.656. The maximum absolute atomic E-state index is 11.7. The highest BCUT2D eigenvalue weighted by molar-refractivity contribution is 5.94. The Morgan fingerprint density at radius 3 is 3.21 bits per heavy atom. The number of aliphatic hydroxyl groups is 1. The molecule has 104 valence electrons. The summed E-state index contributed by atoms with van der Waals surface area (Å²) < 4.78 is 4.76. The number of esters is 1. The standard InChI is InChI=1S/C13H19N3O3/c1-19-13(18)11-7-14-9-15-12(11)16-5-2-3-10(8-16)4-6-17/h7,9-10,17H,2-6,8H2,1H3. The van der Waals surface area contributed by atoms with Crippen LogP contribution in [0, 0.1) is 5.92 Å². The Balaban J connectivity index is 2.19. The predicted octanol–water partition coefficient (Wildman–Crippen LogP) is 0.862. The van der Waals surface area contributed by atoms with E-state index in [9.17, 15) is 4.79 Å². The molecular weight excluding hydrogens is 246 g/mol. The van der Waals surface area contributed by atoms with Gasteiger partial charge in [-0.1, -0.05) is 0 Å². The van der Waals surface area contributed by atoms with Gasteiger partial charge < -0.3 is 14.7 Å². The first-order valence-corrected chi connectivity index (χ1v) is 6.50. The largest absolute Gasteiger partial charge is 0.465 e. The zero-order chi connectivity index (χ0) is 13.7. The topological polar surface area (TPSA) is 75.5 Å². The fourth-order valence-electron chi connectivity index (χ4n) is 2.50. The number of methoxy groups -OCH3 is 1. The zero-order valence-electron chi connectivity index (χ0n) is 11.1. The molecule has 1 atom stereocenters. The fraction of sp³-hybridized carbons (Fsp3) is 0.615. The van der Waals surface area contributed by atoms with Crippen molar-refractivity contribution in [2.24, 2.45) is 5.92 Å². The molecule has 0 radical (unpaired) electrons. The quantitative estimate of drug-likeness (QED) is 0.814. The van der Waals surface area contributed by atoms with Gasteiger partial charge in [0.15, 0.2) is 0 Å². The summed E-state index contributed by atoms with van der Waals surface area (Å²) in [4.78, 5) is 21.9. The molecule has 19 heavy (non-hydrogen) atoms. The van der Waals surface area contributed by atoms with Crippen LogP contribution in [-0.2, 0) is 4.74 Å². The van der Waals surface area contributed by atoms with Crippen molar-refractivity contribution in [3.8, 4) is 0 Å². The smallest absolute Gasteiger partial charge is 0.343 e. The van der Waals surface area contributed by atoms with Crippen molar-refractivity contribution in [3.05, 3.63) is 18.1 Å². The number of rotatable bonds is 4. The van der Waals surface area contributed by atoms with E-state index in [1.165, 1.54) is 19.6 Å². The van der Waals surface area contributed by atoms with Gasteiger partial charge in [-0.05, 0) is 25.2 Å². The molecule has 1 fully saturated rings. The highest BCUT2D eigenvalue weighted by atomic mass is 16.5. The maximum atomic E-state index is 11.7. The first-order valence-electron chi connectivity index (χ1n) is 6.50. The molecule has 2 rings (SSSR count). The molecule has 0 aromatic carbocycles. The number of hydrogen-bond donors (Lipinski definition) is 1. The highest BCUT2D eigenvalue weighted by Gasteiger charge is 2.24. The van der Waals surface area contributed by atoms with E-state index in [1.807, 2.05) is 0 Å². The lowest BCUT2D eigenvalue weighted by Gasteiger charge is -2.33. The van der Waals surface area contributed by atoms with Crippen molar-refractivity contribution in [3.63, 3.8) is 0 Å². The second-order valence-corrected chi connectivity index (χ2v) is 4.72. The predicted molar refractivity (Wildman–Crippen MR) is 70.0 cm³/mol. The van der Waals surface area contributed by atoms with E-state index >= 15 is 0 Å². The number of hydrogen-bond acceptors (Lipinski definition) is 6. The highest BCUT2D eigenvalue weighted by Crippen LogP contribution is 2.25. The number of piperidine rings is 1. The van der Waals surface area contributed by atoms with E-state index < -0.39 is 5.97 Å². The summed E-state index contributed by atoms with van der Waals surface area (Å²) in [5, 5.41) is 9.04. The van der Waals surface area contributed by atoms with Crippen molar-refractivity contribution in [1.82, 2.24) is 9.97 Å². The Kier molecular flexibility index (Phi) is 4.68. The van der Waals surface area contributed by atoms with Crippen molar-refractivity contribution >= 4 is 11.8 Å². The molecule has 1 aromatic rings. The summed E-state index contributed by atoms with van der Waals surface area (Å²) in [6.07, 6.45) is 5.86. The van der Waals surface area contributed by atoms with Crippen molar-refractivity contribution in [1.29, 1.82) is 0 Å². The molecule has 0 spiro atoms. The molecule has 0 amide bonds. The molecule has 1 N–H and O–H groups in total. The minimum absolute atomic E-state index is 0.201. The lowest BCUT2D eigenvalue weighted by atomic mass is 9.95. The Labute approximate surface area is 112 Å². The van der Waals surface area contributed by atoms with Crippen LogP contribution in [0.4, 0.5) is 5.82 Å². The van der Waals surface area contributed by atoms with Gasteiger partial charge in [0.1, 0.15) is 17.7 Å². The number of carbonyl (C=O) groups excluding carboxylic acids is 1. The summed E-state index contributed by atoms with van der Waals surface area (Å²) in [5.41, 5.74) is 0.398. The van der Waals surface area contributed by atoms with E-state index in [1.54, 1.807) is 0 Å². The van der Waals surface area contributed by atoms with E-state index in [4.69, 9.17) is 9.84 Å². The van der Waals surface area contributed by atoms with E-state index in [0.717, 1.165) is 32.4 Å². The normalized spacial score (nSPS) is 19.3. The lowest BCUT2D eigenvalue weighted by molar-refractivity contribution is 0.0600. The van der Waals surface area contributed by atoms with Gasteiger partial charge in [0, 0.05) is 25.9 Å². The molecule has 0 aliphatic carbocycles. The number of ether oxygens (including phenoxy) is 1. The molecular formula is C13H19N3O3. The monoisotopic (exact) mass is 265 g/mol. The van der Waals surface area contributed by atoms with Crippen LogP contribution in [0.3, 0.4) is 0 Å². The van der Waals surface area contributed by atoms with Crippen molar-refractivity contribution < 1.29 is 14.6 Å². The van der Waals surface area contributed by atoms with Gasteiger partial charge in [-0.15, -0.1) is 0 Å².